The number of fused-ring (bicyclic) bond motifs is 1. The van der Waals surface area contributed by atoms with Crippen molar-refractivity contribution in [3.8, 4) is 0 Å². The number of rotatable bonds is 1. The second kappa shape index (κ2) is 4.01. The Labute approximate surface area is 105 Å². The third-order valence-electron chi connectivity index (χ3n) is 2.44. The molecule has 2 heterocycles. The van der Waals surface area contributed by atoms with Gasteiger partial charge in [0.15, 0.2) is 5.65 Å². The largest absolute Gasteiger partial charge is 0.417 e. The maximum absolute atomic E-state index is 12.6. The van der Waals surface area contributed by atoms with E-state index in [-0.39, 0.29) is 5.92 Å². The van der Waals surface area contributed by atoms with Crippen molar-refractivity contribution in [1.82, 2.24) is 9.38 Å². The average molecular weight is 307 g/mol. The zero-order valence-corrected chi connectivity index (χ0v) is 10.8. The first kappa shape index (κ1) is 12.4. The van der Waals surface area contributed by atoms with Crippen LogP contribution >= 0.6 is 15.9 Å². The Morgan fingerprint density at radius 2 is 1.94 bits per heavy atom. The zero-order chi connectivity index (χ0) is 12.8. The van der Waals surface area contributed by atoms with E-state index in [9.17, 15) is 13.2 Å². The molecule has 2 rings (SSSR count). The molecule has 0 aromatic carbocycles. The molecule has 0 saturated carbocycles. The van der Waals surface area contributed by atoms with Crippen LogP contribution in [0.2, 0.25) is 0 Å². The summed E-state index contributed by atoms with van der Waals surface area (Å²) in [6, 6.07) is 1.05. The minimum absolute atomic E-state index is 0.177. The molecule has 0 saturated heterocycles. The summed E-state index contributed by atoms with van der Waals surface area (Å²) in [5.41, 5.74) is 0.580. The van der Waals surface area contributed by atoms with Crippen LogP contribution in [0.3, 0.4) is 0 Å². The topological polar surface area (TPSA) is 17.3 Å². The van der Waals surface area contributed by atoms with Crippen LogP contribution in [0.4, 0.5) is 13.2 Å². The van der Waals surface area contributed by atoms with Gasteiger partial charge in [0.1, 0.15) is 0 Å². The van der Waals surface area contributed by atoms with Crippen molar-refractivity contribution in [2.45, 2.75) is 25.9 Å². The van der Waals surface area contributed by atoms with E-state index < -0.39 is 11.7 Å². The molecule has 92 valence electrons. The minimum atomic E-state index is -4.35. The van der Waals surface area contributed by atoms with Gasteiger partial charge >= 0.3 is 6.18 Å². The van der Waals surface area contributed by atoms with Crippen molar-refractivity contribution in [2.24, 2.45) is 0 Å². The van der Waals surface area contributed by atoms with E-state index in [1.165, 1.54) is 4.40 Å². The van der Waals surface area contributed by atoms with Crippen LogP contribution in [0.5, 0.6) is 0 Å². The Morgan fingerprint density at radius 1 is 1.29 bits per heavy atom. The van der Waals surface area contributed by atoms with Crippen LogP contribution in [0.1, 0.15) is 31.0 Å². The molecule has 2 aromatic heterocycles. The van der Waals surface area contributed by atoms with Gasteiger partial charge in [-0.15, -0.1) is 0 Å². The van der Waals surface area contributed by atoms with Crippen LogP contribution in [-0.4, -0.2) is 9.38 Å². The predicted molar refractivity (Wildman–Crippen MR) is 62.0 cm³/mol. The van der Waals surface area contributed by atoms with Crippen molar-refractivity contribution in [3.05, 3.63) is 34.2 Å². The number of hydrogen-bond donors (Lipinski definition) is 0. The van der Waals surface area contributed by atoms with Gasteiger partial charge in [-0.3, -0.25) is 0 Å². The van der Waals surface area contributed by atoms with Crippen LogP contribution in [0.15, 0.2) is 22.9 Å². The molecular weight excluding hydrogens is 297 g/mol. The molecule has 0 fully saturated rings. The van der Waals surface area contributed by atoms with Gasteiger partial charge in [-0.05, 0) is 27.9 Å². The number of nitrogens with zero attached hydrogens (tertiary/aromatic N) is 2. The van der Waals surface area contributed by atoms with Crippen LogP contribution in [0, 0.1) is 0 Å². The fraction of sp³-hybridized carbons (Fsp3) is 0.364. The number of imidazole rings is 1. The van der Waals surface area contributed by atoms with E-state index in [1.54, 1.807) is 6.20 Å². The Bertz CT molecular complexity index is 558. The molecular formula is C11H10BrF3N2. The Morgan fingerprint density at radius 3 is 2.47 bits per heavy atom. The molecule has 6 heteroatoms. The highest BCUT2D eigenvalue weighted by molar-refractivity contribution is 9.10. The highest BCUT2D eigenvalue weighted by Gasteiger charge is 2.31. The molecule has 0 atom stereocenters. The summed E-state index contributed by atoms with van der Waals surface area (Å²) in [7, 11) is 0. The number of aromatic nitrogens is 2. The molecule has 17 heavy (non-hydrogen) atoms. The van der Waals surface area contributed by atoms with Crippen LogP contribution in [-0.2, 0) is 6.18 Å². The van der Waals surface area contributed by atoms with E-state index in [1.807, 2.05) is 13.8 Å². The summed E-state index contributed by atoms with van der Waals surface area (Å²) in [5, 5.41) is 0. The highest BCUT2D eigenvalue weighted by Crippen LogP contribution is 2.32. The number of halogens is 4. The molecule has 0 aliphatic carbocycles. The molecule has 0 aliphatic rings. The summed E-state index contributed by atoms with van der Waals surface area (Å²) in [6.07, 6.45) is -1.67. The minimum Gasteiger partial charge on any atom is -0.305 e. The Balaban J connectivity index is 2.65. The summed E-state index contributed by atoms with van der Waals surface area (Å²) in [4.78, 5) is 4.28. The molecule has 0 bridgehead atoms. The predicted octanol–water partition coefficient (Wildman–Crippen LogP) is 4.24. The molecule has 0 unspecified atom stereocenters. The van der Waals surface area contributed by atoms with E-state index >= 15 is 0 Å². The van der Waals surface area contributed by atoms with Gasteiger partial charge < -0.3 is 4.40 Å². The third-order valence-corrected chi connectivity index (χ3v) is 3.03. The van der Waals surface area contributed by atoms with Gasteiger partial charge in [0, 0.05) is 12.4 Å². The van der Waals surface area contributed by atoms with E-state index in [2.05, 4.69) is 20.9 Å². The lowest BCUT2D eigenvalue weighted by Gasteiger charge is -2.07. The van der Waals surface area contributed by atoms with Gasteiger partial charge in [0.25, 0.3) is 0 Å². The number of pyridine rings is 1. The Hall–Kier alpha value is -1.04. The van der Waals surface area contributed by atoms with Crippen LogP contribution < -0.4 is 0 Å². The molecule has 2 aromatic rings. The lowest BCUT2D eigenvalue weighted by atomic mass is 10.2. The lowest BCUT2D eigenvalue weighted by molar-refractivity contribution is -0.137. The highest BCUT2D eigenvalue weighted by atomic mass is 79.9. The van der Waals surface area contributed by atoms with Crippen molar-refractivity contribution >= 4 is 21.6 Å². The van der Waals surface area contributed by atoms with Gasteiger partial charge in [0.05, 0.1) is 15.7 Å². The van der Waals surface area contributed by atoms with Gasteiger partial charge in [-0.25, -0.2) is 4.98 Å². The van der Waals surface area contributed by atoms with Gasteiger partial charge in [-0.2, -0.15) is 13.2 Å². The van der Waals surface area contributed by atoms with E-state index in [0.29, 0.717) is 10.1 Å². The second-order valence-electron chi connectivity index (χ2n) is 4.13. The fourth-order valence-electron chi connectivity index (χ4n) is 1.51. The molecule has 0 aliphatic heterocycles. The van der Waals surface area contributed by atoms with E-state index in [0.717, 1.165) is 18.0 Å². The summed E-state index contributed by atoms with van der Waals surface area (Å²) < 4.78 is 39.6. The molecule has 2 nitrogen and oxygen atoms in total. The first-order chi connectivity index (χ1) is 7.79. The molecule has 0 amide bonds. The maximum Gasteiger partial charge on any atom is 0.417 e. The van der Waals surface area contributed by atoms with Crippen molar-refractivity contribution in [2.75, 3.05) is 0 Å². The average Bonchev–Trinajstić information content (AvgIpc) is 2.60. The summed E-state index contributed by atoms with van der Waals surface area (Å²) in [6.45, 7) is 3.89. The normalized spacial score (nSPS) is 12.6. The SMILES string of the molecule is CC(C)c1cn2cc(C(F)(F)F)cc(Br)c2n1. The maximum atomic E-state index is 12.6. The van der Waals surface area contributed by atoms with Crippen LogP contribution in [0.25, 0.3) is 5.65 Å². The first-order valence-electron chi connectivity index (χ1n) is 5.04. The standard InChI is InChI=1S/C11H10BrF3N2/c1-6(2)9-5-17-4-7(11(13,14)15)3-8(12)10(17)16-9/h3-6H,1-2H3. The van der Waals surface area contributed by atoms with Gasteiger partial charge in [-0.1, -0.05) is 13.8 Å². The smallest absolute Gasteiger partial charge is 0.305 e. The summed E-state index contributed by atoms with van der Waals surface area (Å²) >= 11 is 3.12. The molecule has 0 radical (unpaired) electrons. The molecule has 0 spiro atoms. The monoisotopic (exact) mass is 306 g/mol. The Kier molecular flexibility index (Phi) is 2.93. The lowest BCUT2D eigenvalue weighted by Crippen LogP contribution is -2.06. The number of alkyl halides is 3. The zero-order valence-electron chi connectivity index (χ0n) is 9.22. The van der Waals surface area contributed by atoms with E-state index in [4.69, 9.17) is 0 Å². The fourth-order valence-corrected chi connectivity index (χ4v) is 2.05. The van der Waals surface area contributed by atoms with Crippen molar-refractivity contribution in [3.63, 3.8) is 0 Å². The molecule has 0 N–H and O–H groups in total. The third kappa shape index (κ3) is 2.31. The van der Waals surface area contributed by atoms with Gasteiger partial charge in [0.2, 0.25) is 0 Å². The van der Waals surface area contributed by atoms with Crippen molar-refractivity contribution < 1.29 is 13.2 Å². The number of hydrogen-bond acceptors (Lipinski definition) is 1. The first-order valence-corrected chi connectivity index (χ1v) is 5.83. The summed E-state index contributed by atoms with van der Waals surface area (Å²) in [5.74, 6) is 0.177. The second-order valence-corrected chi connectivity index (χ2v) is 4.98. The quantitative estimate of drug-likeness (QED) is 0.770. The van der Waals surface area contributed by atoms with Crippen molar-refractivity contribution in [1.29, 1.82) is 0 Å².